The van der Waals surface area contributed by atoms with Crippen LogP contribution in [0.2, 0.25) is 0 Å². The average molecular weight is 338 g/mol. The lowest BCUT2D eigenvalue weighted by molar-refractivity contribution is 0.184. The first-order chi connectivity index (χ1) is 11.2. The summed E-state index contributed by atoms with van der Waals surface area (Å²) in [6, 6.07) is 4.99. The molecule has 9 heteroatoms. The summed E-state index contributed by atoms with van der Waals surface area (Å²) in [5.41, 5.74) is 2.33. The number of nitrogens with zero attached hydrogens (tertiary/aromatic N) is 3. The van der Waals surface area contributed by atoms with E-state index in [2.05, 4.69) is 15.5 Å². The number of nitrogens with one attached hydrogen (secondary N) is 1. The van der Waals surface area contributed by atoms with Crippen molar-refractivity contribution >= 4 is 22.5 Å². The fraction of sp³-hybridized carbons (Fsp3) is 0.357. The van der Waals surface area contributed by atoms with Crippen LogP contribution in [0.1, 0.15) is 5.56 Å². The van der Waals surface area contributed by atoms with E-state index in [1.165, 1.54) is 21.7 Å². The van der Waals surface area contributed by atoms with E-state index in [-0.39, 0.29) is 25.7 Å². The third-order valence-corrected chi connectivity index (χ3v) is 3.69. The number of carbonyl (C=O) groups excluding carboxylic acids is 1. The summed E-state index contributed by atoms with van der Waals surface area (Å²) in [6.45, 7) is 0.306. The second-order valence-electron chi connectivity index (χ2n) is 4.50. The maximum absolute atomic E-state index is 12.3. The van der Waals surface area contributed by atoms with Gasteiger partial charge in [0.2, 0.25) is 5.13 Å². The van der Waals surface area contributed by atoms with Gasteiger partial charge in [-0.05, 0) is 12.1 Å². The molecule has 0 atom stereocenters. The number of aliphatic hydroxyl groups excluding tert-OH is 1. The number of aliphatic hydroxyl groups is 1. The summed E-state index contributed by atoms with van der Waals surface area (Å²) in [5.74, 6) is 1.27. The van der Waals surface area contributed by atoms with Gasteiger partial charge in [0.1, 0.15) is 17.0 Å². The van der Waals surface area contributed by atoms with Gasteiger partial charge < -0.3 is 19.5 Å². The van der Waals surface area contributed by atoms with Crippen molar-refractivity contribution in [1.82, 2.24) is 15.1 Å². The second-order valence-corrected chi connectivity index (χ2v) is 5.33. The molecule has 0 spiro atoms. The minimum absolute atomic E-state index is 0.151. The Balaban J connectivity index is 2.13. The quantitative estimate of drug-likeness (QED) is 0.796. The van der Waals surface area contributed by atoms with Crippen LogP contribution in [0.5, 0.6) is 11.5 Å². The molecule has 0 aliphatic rings. The predicted octanol–water partition coefficient (Wildman–Crippen LogP) is 1.58. The minimum Gasteiger partial charge on any atom is -0.497 e. The molecule has 124 valence electrons. The van der Waals surface area contributed by atoms with E-state index in [0.717, 1.165) is 5.56 Å². The Hall–Kier alpha value is -2.39. The Morgan fingerprint density at radius 2 is 2.22 bits per heavy atom. The highest BCUT2D eigenvalue weighted by atomic mass is 32.1. The first-order valence-electron chi connectivity index (χ1n) is 6.81. The van der Waals surface area contributed by atoms with Gasteiger partial charge >= 0.3 is 6.03 Å². The molecule has 2 N–H and O–H groups in total. The number of ether oxygens (including phenoxy) is 2. The molecule has 0 saturated carbocycles. The van der Waals surface area contributed by atoms with Crippen molar-refractivity contribution in [2.45, 2.75) is 6.54 Å². The number of urea groups is 1. The van der Waals surface area contributed by atoms with Crippen molar-refractivity contribution in [3.63, 3.8) is 0 Å². The number of amides is 2. The van der Waals surface area contributed by atoms with Crippen LogP contribution in [0.15, 0.2) is 23.7 Å². The standard InChI is InChI=1S/C14H18N4O4S/c1-21-11-4-3-10(12(7-11)22-2)8-18(5-6-19)14(20)16-13-17-15-9-23-13/h3-4,7,9,19H,5-6,8H2,1-2H3,(H,16,17,20). The van der Waals surface area contributed by atoms with E-state index in [0.29, 0.717) is 16.6 Å². The molecule has 0 saturated heterocycles. The number of benzene rings is 1. The predicted molar refractivity (Wildman–Crippen MR) is 86.0 cm³/mol. The summed E-state index contributed by atoms with van der Waals surface area (Å²) in [7, 11) is 3.12. The molecule has 0 unspecified atom stereocenters. The Kier molecular flexibility index (Phi) is 6.12. The average Bonchev–Trinajstić information content (AvgIpc) is 3.07. The van der Waals surface area contributed by atoms with Gasteiger partial charge in [0.15, 0.2) is 0 Å². The summed E-state index contributed by atoms with van der Waals surface area (Å²) in [5, 5.41) is 19.7. The van der Waals surface area contributed by atoms with Crippen LogP contribution in [-0.2, 0) is 6.54 Å². The molecule has 2 aromatic rings. The summed E-state index contributed by atoms with van der Waals surface area (Å²) < 4.78 is 10.5. The van der Waals surface area contributed by atoms with Gasteiger partial charge in [-0.3, -0.25) is 5.32 Å². The number of carbonyl (C=O) groups is 1. The van der Waals surface area contributed by atoms with Crippen molar-refractivity contribution < 1.29 is 19.4 Å². The molecule has 2 rings (SSSR count). The molecule has 0 fully saturated rings. The maximum atomic E-state index is 12.3. The second kappa shape index (κ2) is 8.30. The van der Waals surface area contributed by atoms with Crippen LogP contribution in [0.4, 0.5) is 9.93 Å². The minimum atomic E-state index is -0.367. The van der Waals surface area contributed by atoms with Gasteiger partial charge in [0.05, 0.1) is 27.4 Å². The van der Waals surface area contributed by atoms with E-state index in [1.54, 1.807) is 26.4 Å². The fourth-order valence-electron chi connectivity index (χ4n) is 1.96. The number of methoxy groups -OCH3 is 2. The zero-order valence-corrected chi connectivity index (χ0v) is 13.7. The molecule has 0 radical (unpaired) electrons. The van der Waals surface area contributed by atoms with Gasteiger partial charge in [-0.25, -0.2) is 4.79 Å². The third kappa shape index (κ3) is 4.54. The molecule has 0 aliphatic heterocycles. The molecular formula is C14H18N4O4S. The highest BCUT2D eigenvalue weighted by Crippen LogP contribution is 2.26. The normalized spacial score (nSPS) is 10.2. The van der Waals surface area contributed by atoms with E-state index >= 15 is 0 Å². The monoisotopic (exact) mass is 338 g/mol. The highest BCUT2D eigenvalue weighted by Gasteiger charge is 2.17. The largest absolute Gasteiger partial charge is 0.497 e. The highest BCUT2D eigenvalue weighted by molar-refractivity contribution is 7.13. The molecular weight excluding hydrogens is 320 g/mol. The van der Waals surface area contributed by atoms with Crippen LogP contribution >= 0.6 is 11.3 Å². The van der Waals surface area contributed by atoms with Crippen molar-refractivity contribution in [2.75, 3.05) is 32.7 Å². The fourth-order valence-corrected chi connectivity index (χ4v) is 2.39. The van der Waals surface area contributed by atoms with Crippen LogP contribution in [-0.4, -0.2) is 53.6 Å². The Morgan fingerprint density at radius 3 is 2.83 bits per heavy atom. The summed E-state index contributed by atoms with van der Waals surface area (Å²) in [4.78, 5) is 13.8. The Labute approximate surface area is 137 Å². The van der Waals surface area contributed by atoms with Crippen molar-refractivity contribution in [3.8, 4) is 11.5 Å². The third-order valence-electron chi connectivity index (χ3n) is 3.09. The van der Waals surface area contributed by atoms with E-state index < -0.39 is 0 Å². The number of hydrogen-bond donors (Lipinski definition) is 2. The van der Waals surface area contributed by atoms with Crippen molar-refractivity contribution in [1.29, 1.82) is 0 Å². The van der Waals surface area contributed by atoms with Crippen LogP contribution in [0.3, 0.4) is 0 Å². The van der Waals surface area contributed by atoms with E-state index in [4.69, 9.17) is 9.47 Å². The van der Waals surface area contributed by atoms with E-state index in [9.17, 15) is 9.90 Å². The molecule has 0 aliphatic carbocycles. The first-order valence-corrected chi connectivity index (χ1v) is 7.69. The SMILES string of the molecule is COc1ccc(CN(CCO)C(=O)Nc2nncs2)c(OC)c1. The lowest BCUT2D eigenvalue weighted by Gasteiger charge is -2.22. The van der Waals surface area contributed by atoms with Gasteiger partial charge in [0.25, 0.3) is 0 Å². The topological polar surface area (TPSA) is 96.8 Å². The molecule has 2 amide bonds. The maximum Gasteiger partial charge on any atom is 0.324 e. The summed E-state index contributed by atoms with van der Waals surface area (Å²) in [6.07, 6.45) is 0. The van der Waals surface area contributed by atoms with Crippen molar-refractivity contribution in [2.24, 2.45) is 0 Å². The number of rotatable bonds is 7. The zero-order chi connectivity index (χ0) is 16.7. The molecule has 23 heavy (non-hydrogen) atoms. The van der Waals surface area contributed by atoms with Gasteiger partial charge in [-0.2, -0.15) is 0 Å². The van der Waals surface area contributed by atoms with Crippen LogP contribution < -0.4 is 14.8 Å². The lowest BCUT2D eigenvalue weighted by Crippen LogP contribution is -2.36. The molecule has 1 aromatic heterocycles. The molecule has 0 bridgehead atoms. The first kappa shape index (κ1) is 17.0. The Bertz CT molecular complexity index is 636. The smallest absolute Gasteiger partial charge is 0.324 e. The van der Waals surface area contributed by atoms with E-state index in [1.807, 2.05) is 6.07 Å². The number of hydrogen-bond acceptors (Lipinski definition) is 7. The number of aromatic nitrogens is 2. The van der Waals surface area contributed by atoms with Crippen LogP contribution in [0.25, 0.3) is 0 Å². The zero-order valence-electron chi connectivity index (χ0n) is 12.9. The van der Waals surface area contributed by atoms with Gasteiger partial charge in [-0.15, -0.1) is 10.2 Å². The van der Waals surface area contributed by atoms with Gasteiger partial charge in [0, 0.05) is 18.2 Å². The van der Waals surface area contributed by atoms with Gasteiger partial charge in [-0.1, -0.05) is 11.3 Å². The van der Waals surface area contributed by atoms with Crippen LogP contribution in [0, 0.1) is 0 Å². The number of anilines is 1. The molecule has 1 heterocycles. The lowest BCUT2D eigenvalue weighted by atomic mass is 10.1. The molecule has 8 nitrogen and oxygen atoms in total. The molecule has 1 aromatic carbocycles. The Morgan fingerprint density at radius 1 is 1.39 bits per heavy atom. The summed E-state index contributed by atoms with van der Waals surface area (Å²) >= 11 is 1.22. The van der Waals surface area contributed by atoms with Crippen molar-refractivity contribution in [3.05, 3.63) is 29.3 Å².